The fraction of sp³-hybridized carbons (Fsp3) is 0.222. The van der Waals surface area contributed by atoms with Crippen LogP contribution in [-0.2, 0) is 0 Å². The molecule has 0 saturated heterocycles. The lowest BCUT2D eigenvalue weighted by Crippen LogP contribution is -2.29. The predicted molar refractivity (Wildman–Crippen MR) is 101 cm³/mol. The molecule has 0 atom stereocenters. The summed E-state index contributed by atoms with van der Waals surface area (Å²) in [4.78, 5) is 18.8. The lowest BCUT2D eigenvalue weighted by Gasteiger charge is -2.12. The lowest BCUT2D eigenvalue weighted by atomic mass is 10.1. The van der Waals surface area contributed by atoms with Gasteiger partial charge in [-0.2, -0.15) is 0 Å². The van der Waals surface area contributed by atoms with Crippen molar-refractivity contribution >= 4 is 38.3 Å². The van der Waals surface area contributed by atoms with Gasteiger partial charge >= 0.3 is 0 Å². The topological polar surface area (TPSA) is 57.3 Å². The molecule has 0 aliphatic carbocycles. The van der Waals surface area contributed by atoms with E-state index in [0.717, 1.165) is 15.9 Å². The number of thiazole rings is 1. The van der Waals surface area contributed by atoms with Crippen LogP contribution in [0.15, 0.2) is 36.4 Å². The molecule has 24 heavy (non-hydrogen) atoms. The summed E-state index contributed by atoms with van der Waals surface area (Å²) < 4.78 is 1.10. The molecule has 124 valence electrons. The van der Waals surface area contributed by atoms with Gasteiger partial charge in [0.2, 0.25) is 5.13 Å². The number of anilines is 2. The summed E-state index contributed by atoms with van der Waals surface area (Å²) in [6.07, 6.45) is 0. The molecule has 0 saturated carbocycles. The van der Waals surface area contributed by atoms with Crippen molar-refractivity contribution in [3.05, 3.63) is 53.1 Å². The maximum Gasteiger partial charge on any atom is 0.269 e. The number of hydrogen-bond acceptors (Lipinski definition) is 5. The second-order valence-electron chi connectivity index (χ2n) is 5.89. The molecule has 0 spiro atoms. The third-order valence-corrected chi connectivity index (χ3v) is 4.95. The van der Waals surface area contributed by atoms with Gasteiger partial charge in [-0.1, -0.05) is 17.4 Å². The second-order valence-corrected chi connectivity index (χ2v) is 6.92. The van der Waals surface area contributed by atoms with Crippen molar-refractivity contribution in [2.45, 2.75) is 13.8 Å². The molecule has 0 aliphatic heterocycles. The average Bonchev–Trinajstić information content (AvgIpc) is 3.00. The van der Waals surface area contributed by atoms with E-state index >= 15 is 0 Å². The van der Waals surface area contributed by atoms with Gasteiger partial charge in [0.1, 0.15) is 0 Å². The Morgan fingerprint density at radius 1 is 1.08 bits per heavy atom. The first kappa shape index (κ1) is 16.3. The van der Waals surface area contributed by atoms with Crippen molar-refractivity contribution in [1.82, 2.24) is 10.4 Å². The molecule has 3 rings (SSSR count). The van der Waals surface area contributed by atoms with Crippen LogP contribution in [0.25, 0.3) is 10.2 Å². The van der Waals surface area contributed by atoms with Crippen LogP contribution in [0.1, 0.15) is 21.5 Å². The van der Waals surface area contributed by atoms with Gasteiger partial charge in [-0.05, 0) is 55.3 Å². The Bertz CT molecular complexity index is 884. The van der Waals surface area contributed by atoms with E-state index in [1.807, 2.05) is 31.1 Å². The minimum Gasteiger partial charge on any atom is -0.378 e. The second kappa shape index (κ2) is 6.49. The Morgan fingerprint density at radius 3 is 2.46 bits per heavy atom. The molecule has 0 unspecified atom stereocenters. The zero-order chi connectivity index (χ0) is 17.3. The summed E-state index contributed by atoms with van der Waals surface area (Å²) in [7, 11) is 3.93. The number of aryl methyl sites for hydroxylation is 2. The van der Waals surface area contributed by atoms with Gasteiger partial charge in [-0.25, -0.2) is 4.98 Å². The summed E-state index contributed by atoms with van der Waals surface area (Å²) in [5, 5.41) is 0.678. The molecule has 0 bridgehead atoms. The minimum absolute atomic E-state index is 0.188. The largest absolute Gasteiger partial charge is 0.378 e. The molecule has 0 aliphatic rings. The molecule has 2 N–H and O–H groups in total. The molecule has 0 fully saturated rings. The van der Waals surface area contributed by atoms with E-state index in [-0.39, 0.29) is 5.91 Å². The maximum atomic E-state index is 12.2. The number of hydrogen-bond donors (Lipinski definition) is 2. The lowest BCUT2D eigenvalue weighted by molar-refractivity contribution is 0.0962. The first-order chi connectivity index (χ1) is 11.5. The van der Waals surface area contributed by atoms with Gasteiger partial charge < -0.3 is 4.90 Å². The van der Waals surface area contributed by atoms with Crippen LogP contribution in [0.3, 0.4) is 0 Å². The van der Waals surface area contributed by atoms with E-state index in [2.05, 4.69) is 41.8 Å². The molecule has 1 aromatic heterocycles. The number of hydrazine groups is 1. The van der Waals surface area contributed by atoms with Crippen molar-refractivity contribution < 1.29 is 4.79 Å². The van der Waals surface area contributed by atoms with Crippen LogP contribution >= 0.6 is 11.3 Å². The van der Waals surface area contributed by atoms with E-state index in [1.54, 1.807) is 12.1 Å². The molecule has 6 heteroatoms. The Labute approximate surface area is 145 Å². The van der Waals surface area contributed by atoms with Crippen LogP contribution in [0, 0.1) is 13.8 Å². The molecule has 3 aromatic rings. The van der Waals surface area contributed by atoms with Gasteiger partial charge in [0.25, 0.3) is 5.91 Å². The molecule has 1 amide bonds. The predicted octanol–water partition coefficient (Wildman–Crippen LogP) is 3.74. The zero-order valence-electron chi connectivity index (χ0n) is 14.2. The third kappa shape index (κ3) is 3.19. The van der Waals surface area contributed by atoms with Crippen molar-refractivity contribution in [3.63, 3.8) is 0 Å². The Balaban J connectivity index is 1.71. The van der Waals surface area contributed by atoms with Crippen LogP contribution in [-0.4, -0.2) is 25.0 Å². The molecule has 5 nitrogen and oxygen atoms in total. The first-order valence-electron chi connectivity index (χ1n) is 7.66. The third-order valence-electron chi connectivity index (χ3n) is 4.01. The SMILES string of the molecule is Cc1ccc2sc(NNC(=O)c3ccc(N(C)C)cc3)nc2c1C. The van der Waals surface area contributed by atoms with Gasteiger partial charge in [0.15, 0.2) is 0 Å². The number of nitrogens with one attached hydrogen (secondary N) is 2. The zero-order valence-corrected chi connectivity index (χ0v) is 15.0. The Kier molecular flexibility index (Phi) is 4.40. The van der Waals surface area contributed by atoms with Crippen LogP contribution in [0.2, 0.25) is 0 Å². The monoisotopic (exact) mass is 340 g/mol. The van der Waals surface area contributed by atoms with Crippen LogP contribution in [0.5, 0.6) is 0 Å². The van der Waals surface area contributed by atoms with Gasteiger partial charge in [-0.3, -0.25) is 15.6 Å². The molecular formula is C18H20N4OS. The molecular weight excluding hydrogens is 320 g/mol. The van der Waals surface area contributed by atoms with Crippen LogP contribution in [0.4, 0.5) is 10.8 Å². The number of aromatic nitrogens is 1. The van der Waals surface area contributed by atoms with Crippen molar-refractivity contribution in [2.75, 3.05) is 24.4 Å². The Morgan fingerprint density at radius 2 is 1.79 bits per heavy atom. The van der Waals surface area contributed by atoms with E-state index in [0.29, 0.717) is 10.7 Å². The molecule has 1 heterocycles. The summed E-state index contributed by atoms with van der Waals surface area (Å²) in [6, 6.07) is 11.6. The quantitative estimate of drug-likeness (QED) is 0.711. The van der Waals surface area contributed by atoms with E-state index in [9.17, 15) is 4.79 Å². The number of benzene rings is 2. The Hall–Kier alpha value is -2.60. The van der Waals surface area contributed by atoms with E-state index in [4.69, 9.17) is 0 Å². The summed E-state index contributed by atoms with van der Waals surface area (Å²) in [5.41, 5.74) is 10.6. The van der Waals surface area contributed by atoms with Crippen molar-refractivity contribution in [1.29, 1.82) is 0 Å². The van der Waals surface area contributed by atoms with Gasteiger partial charge in [0.05, 0.1) is 10.2 Å². The number of nitrogens with zero attached hydrogens (tertiary/aromatic N) is 2. The maximum absolute atomic E-state index is 12.2. The fourth-order valence-corrected chi connectivity index (χ4v) is 3.25. The summed E-state index contributed by atoms with van der Waals surface area (Å²) in [6.45, 7) is 4.13. The van der Waals surface area contributed by atoms with Crippen LogP contribution < -0.4 is 15.8 Å². The first-order valence-corrected chi connectivity index (χ1v) is 8.48. The van der Waals surface area contributed by atoms with E-state index in [1.165, 1.54) is 22.5 Å². The van der Waals surface area contributed by atoms with Gasteiger partial charge in [-0.15, -0.1) is 0 Å². The number of carbonyl (C=O) groups is 1. The van der Waals surface area contributed by atoms with E-state index < -0.39 is 0 Å². The summed E-state index contributed by atoms with van der Waals surface area (Å²) in [5.74, 6) is -0.188. The minimum atomic E-state index is -0.188. The highest BCUT2D eigenvalue weighted by Crippen LogP contribution is 2.29. The van der Waals surface area contributed by atoms with Gasteiger partial charge in [0, 0.05) is 25.3 Å². The number of fused-ring (bicyclic) bond motifs is 1. The standard InChI is InChI=1S/C18H20N4OS/c1-11-5-10-15-16(12(11)2)19-18(24-15)21-20-17(23)13-6-8-14(9-7-13)22(3)4/h5-10H,1-4H3,(H,19,21)(H,20,23). The highest BCUT2D eigenvalue weighted by Gasteiger charge is 2.10. The number of carbonyl (C=O) groups excluding carboxylic acids is 1. The number of rotatable bonds is 4. The highest BCUT2D eigenvalue weighted by atomic mass is 32.1. The smallest absolute Gasteiger partial charge is 0.269 e. The molecule has 0 radical (unpaired) electrons. The van der Waals surface area contributed by atoms with Crippen molar-refractivity contribution in [2.24, 2.45) is 0 Å². The highest BCUT2D eigenvalue weighted by molar-refractivity contribution is 7.22. The fourth-order valence-electron chi connectivity index (χ4n) is 2.37. The summed E-state index contributed by atoms with van der Waals surface area (Å²) >= 11 is 1.52. The van der Waals surface area contributed by atoms with Crippen molar-refractivity contribution in [3.8, 4) is 0 Å². The normalized spacial score (nSPS) is 10.7. The number of amides is 1. The molecule has 2 aromatic carbocycles. The average molecular weight is 340 g/mol.